The molecular formula is C45H54N10O3+2. The van der Waals surface area contributed by atoms with Crippen LogP contribution in [0.25, 0.3) is 27.8 Å². The lowest BCUT2D eigenvalue weighted by atomic mass is 10.1. The van der Waals surface area contributed by atoms with Crippen LogP contribution in [0.4, 0.5) is 0 Å². The van der Waals surface area contributed by atoms with Gasteiger partial charge in [-0.05, 0) is 105 Å². The van der Waals surface area contributed by atoms with Crippen molar-refractivity contribution in [3.63, 3.8) is 0 Å². The number of carbonyl (C=O) groups is 1. The van der Waals surface area contributed by atoms with Gasteiger partial charge in [-0.3, -0.25) is 10.2 Å². The normalized spacial score (nSPS) is 13.2. The summed E-state index contributed by atoms with van der Waals surface area (Å²) in [4.78, 5) is 36.1. The van der Waals surface area contributed by atoms with Crippen molar-refractivity contribution in [1.82, 2.24) is 29.7 Å². The maximum Gasteiger partial charge on any atom is 0.220 e. The van der Waals surface area contributed by atoms with Crippen molar-refractivity contribution in [2.45, 2.75) is 72.6 Å². The number of hydrogen-bond donors (Lipinski definition) is 6. The predicted octanol–water partition coefficient (Wildman–Crippen LogP) is 4.90. The highest BCUT2D eigenvalue weighted by molar-refractivity contribution is 6.04. The molecule has 0 spiro atoms. The van der Waals surface area contributed by atoms with E-state index in [2.05, 4.69) is 45.6 Å². The number of nitrogens with zero attached hydrogens (tertiary/aromatic N) is 4. The number of H-pyrrole nitrogens is 2. The summed E-state index contributed by atoms with van der Waals surface area (Å²) in [6, 6.07) is 27.2. The number of hydrogen-bond acceptors (Lipinski definition) is 8. The van der Waals surface area contributed by atoms with Crippen LogP contribution in [0, 0.1) is 0 Å². The van der Waals surface area contributed by atoms with Crippen LogP contribution in [0.2, 0.25) is 0 Å². The Hall–Kier alpha value is -6.73. The van der Waals surface area contributed by atoms with E-state index in [0.29, 0.717) is 60.2 Å². The van der Waals surface area contributed by atoms with E-state index in [1.54, 1.807) is 13.0 Å². The number of fused-ring (bicyclic) bond motifs is 2. The maximum atomic E-state index is 12.2. The van der Waals surface area contributed by atoms with Crippen LogP contribution < -0.4 is 31.3 Å². The molecule has 2 heterocycles. The minimum absolute atomic E-state index is 0.0285. The standard InChI is InChI=1S/C45H52N10O3/c1-6-29(3)54(26-44-50-40-18-16-36(24-42(40)52-44)57-34-12-8-32(9-13-34)38(47)20-22-46)28-49-23-21-39(48)33-10-14-35(15-11-33)58-37-17-19-41-43(25-37)53-45(51-41)27-55(31(5)56)30(4)7-2/h8-25,29-30,47H,6-7,26-28,46,48H2,1-5H3,(H,50,52)(H,51,53)/p+2/b22-20-,39-21-,47-38?,49-23+/t29-,30-/m0/s1. The number of amides is 1. The minimum atomic E-state index is 0.0285. The van der Waals surface area contributed by atoms with Gasteiger partial charge in [-0.15, -0.1) is 0 Å². The fourth-order valence-corrected chi connectivity index (χ4v) is 6.46. The average Bonchev–Trinajstić information content (AvgIpc) is 3.83. The summed E-state index contributed by atoms with van der Waals surface area (Å²) in [7, 11) is 0. The van der Waals surface area contributed by atoms with Gasteiger partial charge >= 0.3 is 0 Å². The van der Waals surface area contributed by atoms with Gasteiger partial charge in [0.1, 0.15) is 34.6 Å². The second-order valence-electron chi connectivity index (χ2n) is 14.4. The molecule has 2 aromatic heterocycles. The summed E-state index contributed by atoms with van der Waals surface area (Å²) in [5.74, 6) is 4.39. The van der Waals surface area contributed by atoms with Gasteiger partial charge in [0, 0.05) is 60.8 Å². The van der Waals surface area contributed by atoms with Crippen molar-refractivity contribution in [3.8, 4) is 23.0 Å². The van der Waals surface area contributed by atoms with E-state index in [-0.39, 0.29) is 11.9 Å². The van der Waals surface area contributed by atoms with Gasteiger partial charge in [-0.2, -0.15) is 0 Å². The van der Waals surface area contributed by atoms with Crippen molar-refractivity contribution in [2.75, 3.05) is 6.67 Å². The Bertz CT molecular complexity index is 2430. The Labute approximate surface area is 339 Å². The molecule has 9 N–H and O–H groups in total. The first-order valence-corrected chi connectivity index (χ1v) is 19.6. The number of nitrogens with one attached hydrogen (secondary N) is 3. The fraction of sp³-hybridized carbons (Fsp3) is 0.267. The molecule has 0 aliphatic heterocycles. The monoisotopic (exact) mass is 782 g/mol. The summed E-state index contributed by atoms with van der Waals surface area (Å²) in [6.07, 6.45) is 8.66. The van der Waals surface area contributed by atoms with Crippen LogP contribution in [0.1, 0.15) is 70.2 Å². The van der Waals surface area contributed by atoms with Gasteiger partial charge in [0.15, 0.2) is 12.9 Å². The summed E-state index contributed by atoms with van der Waals surface area (Å²) >= 11 is 0. The van der Waals surface area contributed by atoms with Gasteiger partial charge in [0.2, 0.25) is 11.6 Å². The van der Waals surface area contributed by atoms with E-state index in [4.69, 9.17) is 31.3 Å². The van der Waals surface area contributed by atoms with Crippen molar-refractivity contribution in [1.29, 1.82) is 0 Å². The molecule has 58 heavy (non-hydrogen) atoms. The minimum Gasteiger partial charge on any atom is -0.457 e. The number of aromatic nitrogens is 4. The molecule has 0 unspecified atom stereocenters. The number of rotatable bonds is 18. The summed E-state index contributed by atoms with van der Waals surface area (Å²) in [6.45, 7) is 11.7. The molecule has 6 rings (SSSR count). The largest absolute Gasteiger partial charge is 0.457 e. The number of ether oxygens (including phenoxy) is 2. The van der Waals surface area contributed by atoms with Gasteiger partial charge in [0.05, 0.1) is 35.2 Å². The number of aromatic amines is 2. The second kappa shape index (κ2) is 18.9. The lowest BCUT2D eigenvalue weighted by molar-refractivity contribution is -0.481. The lowest BCUT2D eigenvalue weighted by Crippen LogP contribution is -2.74. The molecule has 0 radical (unpaired) electrons. The number of allylic oxidation sites excluding steroid dienone is 2. The zero-order chi connectivity index (χ0) is 41.2. The molecule has 0 saturated heterocycles. The molecule has 0 fully saturated rings. The molecule has 4 aromatic carbocycles. The number of benzene rings is 4. The van der Waals surface area contributed by atoms with Gasteiger partial charge in [-0.1, -0.05) is 13.8 Å². The third kappa shape index (κ3) is 10.4. The molecule has 1 amide bonds. The summed E-state index contributed by atoms with van der Waals surface area (Å²) in [5.41, 5.74) is 18.3. The highest BCUT2D eigenvalue weighted by Gasteiger charge is 2.19. The highest BCUT2D eigenvalue weighted by atomic mass is 16.5. The molecule has 13 heteroatoms. The third-order valence-electron chi connectivity index (χ3n) is 10.2. The SMILES string of the molecule is CC[C@H](C)N(C/[NH+]=C/C=C(\N)c1ccc(Oc2ccc3nc(CN(C(C)=O)[C@@H](C)CC)[nH]c3c2)cc1)Cc1nc2ccc(Oc3ccc(C(=[NH2+])/C=C\N)cc3)cc2[nH]1. The van der Waals surface area contributed by atoms with E-state index >= 15 is 0 Å². The van der Waals surface area contributed by atoms with Crippen LogP contribution in [0.3, 0.4) is 0 Å². The fourth-order valence-electron chi connectivity index (χ4n) is 6.46. The number of imidazole rings is 2. The molecule has 13 nitrogen and oxygen atoms in total. The quantitative estimate of drug-likeness (QED) is 0.0524. The maximum absolute atomic E-state index is 12.2. The van der Waals surface area contributed by atoms with Crippen molar-refractivity contribution in [3.05, 3.63) is 126 Å². The lowest BCUT2D eigenvalue weighted by Gasteiger charge is -2.26. The topological polar surface area (TPSA) is 191 Å². The van der Waals surface area contributed by atoms with E-state index in [1.807, 2.05) is 109 Å². The zero-order valence-electron chi connectivity index (χ0n) is 33.8. The Kier molecular flexibility index (Phi) is 13.4. The smallest absolute Gasteiger partial charge is 0.220 e. The predicted molar refractivity (Wildman–Crippen MR) is 230 cm³/mol. The van der Waals surface area contributed by atoms with Crippen LogP contribution in [-0.4, -0.2) is 66.3 Å². The molecule has 300 valence electrons. The zero-order valence-corrected chi connectivity index (χ0v) is 33.8. The second-order valence-corrected chi connectivity index (χ2v) is 14.4. The van der Waals surface area contributed by atoms with Gasteiger partial charge < -0.3 is 35.8 Å². The Balaban J connectivity index is 1.04. The first-order valence-electron chi connectivity index (χ1n) is 19.6. The van der Waals surface area contributed by atoms with E-state index < -0.39 is 0 Å². The Morgan fingerprint density at radius 1 is 0.793 bits per heavy atom. The molecule has 0 saturated carbocycles. The first kappa shape index (κ1) is 40.9. The van der Waals surface area contributed by atoms with E-state index in [9.17, 15) is 4.79 Å². The van der Waals surface area contributed by atoms with E-state index in [0.717, 1.165) is 57.7 Å². The average molecular weight is 783 g/mol. The summed E-state index contributed by atoms with van der Waals surface area (Å²) < 4.78 is 12.3. The molecule has 0 bridgehead atoms. The first-order chi connectivity index (χ1) is 28.0. The molecule has 6 aromatic rings. The highest BCUT2D eigenvalue weighted by Crippen LogP contribution is 2.28. The Morgan fingerprint density at radius 3 is 1.83 bits per heavy atom. The van der Waals surface area contributed by atoms with Crippen molar-refractivity contribution in [2.24, 2.45) is 11.5 Å². The number of nitrogens with two attached hydrogens (primary N) is 3. The van der Waals surface area contributed by atoms with Gasteiger partial charge in [0.25, 0.3) is 0 Å². The molecule has 0 aliphatic carbocycles. The molecule has 2 atom stereocenters. The van der Waals surface area contributed by atoms with E-state index in [1.165, 1.54) is 6.20 Å². The van der Waals surface area contributed by atoms with Gasteiger partial charge in [-0.25, -0.2) is 19.9 Å². The van der Waals surface area contributed by atoms with Crippen LogP contribution >= 0.6 is 0 Å². The number of carbonyl (C=O) groups excluding carboxylic acids is 1. The molecular weight excluding hydrogens is 729 g/mol. The third-order valence-corrected chi connectivity index (χ3v) is 10.2. The Morgan fingerprint density at radius 2 is 1.31 bits per heavy atom. The van der Waals surface area contributed by atoms with Crippen LogP contribution in [-0.2, 0) is 17.9 Å². The molecule has 0 aliphatic rings. The van der Waals surface area contributed by atoms with Crippen molar-refractivity contribution >= 4 is 45.6 Å². The van der Waals surface area contributed by atoms with Crippen LogP contribution in [0.5, 0.6) is 23.0 Å². The summed E-state index contributed by atoms with van der Waals surface area (Å²) in [5, 5.41) is 6.02. The van der Waals surface area contributed by atoms with Crippen LogP contribution in [0.15, 0.2) is 103 Å². The van der Waals surface area contributed by atoms with Crippen molar-refractivity contribution < 1.29 is 24.7 Å².